The van der Waals surface area contributed by atoms with Crippen molar-refractivity contribution in [3.8, 4) is 16.9 Å². The van der Waals surface area contributed by atoms with Crippen molar-refractivity contribution in [2.75, 3.05) is 12.8 Å². The van der Waals surface area contributed by atoms with Crippen LogP contribution in [0.2, 0.25) is 0 Å². The molecule has 0 unspecified atom stereocenters. The van der Waals surface area contributed by atoms with Gasteiger partial charge in [-0.05, 0) is 30.5 Å². The molecule has 4 nitrogen and oxygen atoms in total. The van der Waals surface area contributed by atoms with E-state index in [9.17, 15) is 0 Å². The Morgan fingerprint density at radius 1 is 1.20 bits per heavy atom. The molecule has 1 saturated carbocycles. The number of nitrogens with two attached hydrogens (primary N) is 1. The van der Waals surface area contributed by atoms with Gasteiger partial charge in [-0.3, -0.25) is 0 Å². The lowest BCUT2D eigenvalue weighted by Gasteiger charge is -2.21. The number of anilines is 1. The highest BCUT2D eigenvalue weighted by molar-refractivity contribution is 5.76. The van der Waals surface area contributed by atoms with E-state index in [4.69, 9.17) is 15.0 Å². The number of nitrogens with zero attached hydrogens (tertiary/aromatic N) is 1. The lowest BCUT2D eigenvalue weighted by atomic mass is 9.81. The van der Waals surface area contributed by atoms with Crippen molar-refractivity contribution in [1.29, 1.82) is 0 Å². The second kappa shape index (κ2) is 4.85. The molecule has 106 valence electrons. The number of hydrogen-bond acceptors (Lipinski definition) is 4. The molecule has 20 heavy (non-hydrogen) atoms. The number of aromatic nitrogens is 1. The smallest absolute Gasteiger partial charge is 0.230 e. The summed E-state index contributed by atoms with van der Waals surface area (Å²) in [5, 5.41) is 4.26. The molecule has 0 spiro atoms. The van der Waals surface area contributed by atoms with Gasteiger partial charge in [-0.15, -0.1) is 0 Å². The number of benzene rings is 1. The number of rotatable bonds is 3. The van der Waals surface area contributed by atoms with Crippen LogP contribution in [0.25, 0.3) is 11.1 Å². The van der Waals surface area contributed by atoms with Crippen LogP contribution in [0.1, 0.15) is 38.3 Å². The third-order valence-corrected chi connectivity index (χ3v) is 4.38. The summed E-state index contributed by atoms with van der Waals surface area (Å²) >= 11 is 0. The maximum absolute atomic E-state index is 6.01. The first-order chi connectivity index (χ1) is 9.64. The summed E-state index contributed by atoms with van der Waals surface area (Å²) in [6.45, 7) is 2.25. The van der Waals surface area contributed by atoms with Crippen molar-refractivity contribution in [3.05, 3.63) is 30.0 Å². The second-order valence-corrected chi connectivity index (χ2v) is 5.77. The van der Waals surface area contributed by atoms with E-state index in [2.05, 4.69) is 12.1 Å². The predicted molar refractivity (Wildman–Crippen MR) is 78.7 cm³/mol. The summed E-state index contributed by atoms with van der Waals surface area (Å²) < 4.78 is 10.5. The van der Waals surface area contributed by atoms with E-state index in [1.807, 2.05) is 24.3 Å². The molecule has 4 heteroatoms. The van der Waals surface area contributed by atoms with Crippen molar-refractivity contribution in [2.24, 2.45) is 0 Å². The predicted octanol–water partition coefficient (Wildman–Crippen LogP) is 3.76. The van der Waals surface area contributed by atoms with Gasteiger partial charge in [-0.2, -0.15) is 0 Å². The second-order valence-electron chi connectivity index (χ2n) is 5.77. The van der Waals surface area contributed by atoms with Crippen LogP contribution >= 0.6 is 0 Å². The molecule has 0 saturated heterocycles. The van der Waals surface area contributed by atoms with Crippen molar-refractivity contribution in [2.45, 2.75) is 38.0 Å². The number of ether oxygens (including phenoxy) is 1. The highest BCUT2D eigenvalue weighted by Gasteiger charge is 2.37. The van der Waals surface area contributed by atoms with Gasteiger partial charge in [-0.25, -0.2) is 0 Å². The fourth-order valence-corrected chi connectivity index (χ4v) is 3.14. The Morgan fingerprint density at radius 3 is 2.45 bits per heavy atom. The van der Waals surface area contributed by atoms with Crippen LogP contribution in [-0.4, -0.2) is 12.3 Å². The zero-order valence-electron chi connectivity index (χ0n) is 12.0. The van der Waals surface area contributed by atoms with Crippen molar-refractivity contribution < 1.29 is 9.26 Å². The molecule has 1 fully saturated rings. The average Bonchev–Trinajstić information content (AvgIpc) is 3.06. The molecule has 0 atom stereocenters. The summed E-state index contributed by atoms with van der Waals surface area (Å²) in [4.78, 5) is 0. The lowest BCUT2D eigenvalue weighted by Crippen LogP contribution is -2.18. The standard InChI is InChI=1S/C16H20N2O2/c1-16(9-3-4-10-16)14-13(15(17)20-18-14)11-5-7-12(19-2)8-6-11/h5-8H,3-4,9-10,17H2,1-2H3. The molecule has 1 aromatic heterocycles. The van der Waals surface area contributed by atoms with Crippen LogP contribution in [0.4, 0.5) is 5.88 Å². The maximum atomic E-state index is 6.01. The van der Waals surface area contributed by atoms with E-state index in [1.165, 1.54) is 12.8 Å². The summed E-state index contributed by atoms with van der Waals surface area (Å²) in [7, 11) is 1.66. The minimum atomic E-state index is 0.0797. The molecule has 2 aromatic rings. The minimum Gasteiger partial charge on any atom is -0.497 e. The van der Waals surface area contributed by atoms with E-state index in [1.54, 1.807) is 7.11 Å². The van der Waals surface area contributed by atoms with Gasteiger partial charge in [0.1, 0.15) is 5.75 Å². The van der Waals surface area contributed by atoms with Crippen LogP contribution in [-0.2, 0) is 5.41 Å². The molecule has 1 aromatic carbocycles. The van der Waals surface area contributed by atoms with Gasteiger partial charge in [0, 0.05) is 5.41 Å². The Balaban J connectivity index is 2.06. The quantitative estimate of drug-likeness (QED) is 0.924. The summed E-state index contributed by atoms with van der Waals surface area (Å²) in [6, 6.07) is 7.87. The Morgan fingerprint density at radius 2 is 1.85 bits per heavy atom. The van der Waals surface area contributed by atoms with Gasteiger partial charge in [0.2, 0.25) is 5.88 Å². The summed E-state index contributed by atoms with van der Waals surface area (Å²) in [5.41, 5.74) is 9.06. The minimum absolute atomic E-state index is 0.0797. The zero-order valence-corrected chi connectivity index (χ0v) is 12.0. The highest BCUT2D eigenvalue weighted by atomic mass is 16.5. The van der Waals surface area contributed by atoms with E-state index in [0.717, 1.165) is 35.4 Å². The average molecular weight is 272 g/mol. The fraction of sp³-hybridized carbons (Fsp3) is 0.438. The first-order valence-electron chi connectivity index (χ1n) is 7.04. The normalized spacial score (nSPS) is 17.3. The Labute approximate surface area is 118 Å². The van der Waals surface area contributed by atoms with E-state index >= 15 is 0 Å². The van der Waals surface area contributed by atoms with Gasteiger partial charge in [0.25, 0.3) is 0 Å². The lowest BCUT2D eigenvalue weighted by molar-refractivity contribution is 0.386. The molecule has 0 amide bonds. The van der Waals surface area contributed by atoms with E-state index in [-0.39, 0.29) is 5.41 Å². The van der Waals surface area contributed by atoms with Crippen molar-refractivity contribution >= 4 is 5.88 Å². The number of nitrogen functional groups attached to an aromatic ring is 1. The van der Waals surface area contributed by atoms with Crippen LogP contribution in [0.15, 0.2) is 28.8 Å². The first-order valence-corrected chi connectivity index (χ1v) is 7.04. The van der Waals surface area contributed by atoms with Crippen LogP contribution < -0.4 is 10.5 Å². The SMILES string of the molecule is COc1ccc(-c2c(C3(C)CCCC3)noc2N)cc1. The molecule has 0 aliphatic heterocycles. The van der Waals surface area contributed by atoms with E-state index < -0.39 is 0 Å². The molecule has 3 rings (SSSR count). The van der Waals surface area contributed by atoms with Crippen LogP contribution in [0.3, 0.4) is 0 Å². The van der Waals surface area contributed by atoms with E-state index in [0.29, 0.717) is 5.88 Å². The van der Waals surface area contributed by atoms with Gasteiger partial charge in [0.05, 0.1) is 18.4 Å². The topological polar surface area (TPSA) is 61.3 Å². The molecular weight excluding hydrogens is 252 g/mol. The van der Waals surface area contributed by atoms with Crippen LogP contribution in [0.5, 0.6) is 5.75 Å². The Hall–Kier alpha value is -1.97. The summed E-state index contributed by atoms with van der Waals surface area (Å²) in [5.74, 6) is 1.23. The van der Waals surface area contributed by atoms with Crippen molar-refractivity contribution in [3.63, 3.8) is 0 Å². The number of hydrogen-bond donors (Lipinski definition) is 1. The zero-order chi connectivity index (χ0) is 14.2. The maximum Gasteiger partial charge on any atom is 0.230 e. The monoisotopic (exact) mass is 272 g/mol. The largest absolute Gasteiger partial charge is 0.497 e. The van der Waals surface area contributed by atoms with Gasteiger partial charge in [0.15, 0.2) is 0 Å². The third-order valence-electron chi connectivity index (χ3n) is 4.38. The van der Waals surface area contributed by atoms with Crippen molar-refractivity contribution in [1.82, 2.24) is 5.16 Å². The molecule has 1 heterocycles. The molecule has 1 aliphatic carbocycles. The molecule has 0 bridgehead atoms. The molecule has 1 aliphatic rings. The Bertz CT molecular complexity index is 595. The third kappa shape index (κ3) is 2.05. The summed E-state index contributed by atoms with van der Waals surface area (Å²) in [6.07, 6.45) is 4.76. The number of methoxy groups -OCH3 is 1. The molecule has 0 radical (unpaired) electrons. The molecular formula is C16H20N2O2. The molecule has 2 N–H and O–H groups in total. The van der Waals surface area contributed by atoms with Gasteiger partial charge < -0.3 is 15.0 Å². The van der Waals surface area contributed by atoms with Gasteiger partial charge in [-0.1, -0.05) is 37.1 Å². The van der Waals surface area contributed by atoms with Gasteiger partial charge >= 0.3 is 0 Å². The van der Waals surface area contributed by atoms with Crippen LogP contribution in [0, 0.1) is 0 Å². The highest BCUT2D eigenvalue weighted by Crippen LogP contribution is 2.45. The Kier molecular flexibility index (Phi) is 3.16. The first kappa shape index (κ1) is 13.0. The fourth-order valence-electron chi connectivity index (χ4n) is 3.14.